The summed E-state index contributed by atoms with van der Waals surface area (Å²) in [4.78, 5) is 2.57. The molecule has 8 aromatic carbocycles. The Morgan fingerprint density at radius 1 is 0.308 bits per heavy atom. The summed E-state index contributed by atoms with van der Waals surface area (Å²) < 4.78 is 2.45. The summed E-state index contributed by atoms with van der Waals surface area (Å²) in [6, 6.07) is 72.7. The minimum atomic E-state index is 1.16. The van der Waals surface area contributed by atoms with Crippen molar-refractivity contribution in [2.45, 2.75) is 0 Å². The van der Waals surface area contributed by atoms with Crippen LogP contribution in [0.4, 0.5) is 0 Å². The lowest BCUT2D eigenvalue weighted by Crippen LogP contribution is -1.96. The molecule has 0 aliphatic rings. The Bertz CT molecular complexity index is 2880. The van der Waals surface area contributed by atoms with Crippen LogP contribution >= 0.6 is 11.3 Å². The van der Waals surface area contributed by atoms with Crippen LogP contribution in [0, 0.1) is 0 Å². The largest absolute Gasteiger partial charge is 0.309 e. The van der Waals surface area contributed by atoms with E-state index in [1.807, 2.05) is 11.3 Å². The van der Waals surface area contributed by atoms with E-state index in [0.717, 1.165) is 5.69 Å². The second kappa shape index (κ2) is 12.7. The van der Waals surface area contributed by atoms with Crippen molar-refractivity contribution in [2.75, 3.05) is 0 Å². The number of para-hydroxylation sites is 3. The molecule has 0 aliphatic heterocycles. The van der Waals surface area contributed by atoms with Crippen molar-refractivity contribution in [3.8, 4) is 59.9 Å². The fraction of sp³-hybridized carbons (Fsp3) is 0. The zero-order chi connectivity index (χ0) is 34.4. The summed E-state index contributed by atoms with van der Waals surface area (Å²) in [5.74, 6) is 0. The molecule has 52 heavy (non-hydrogen) atoms. The number of rotatable bonds is 6. The van der Waals surface area contributed by atoms with Crippen molar-refractivity contribution in [1.29, 1.82) is 0 Å². The van der Waals surface area contributed by atoms with Gasteiger partial charge in [-0.1, -0.05) is 182 Å². The van der Waals surface area contributed by atoms with Gasteiger partial charge in [-0.15, -0.1) is 11.3 Å². The van der Waals surface area contributed by atoms with Gasteiger partial charge in [0.05, 0.1) is 11.0 Å². The van der Waals surface area contributed by atoms with E-state index in [1.165, 1.54) is 86.8 Å². The van der Waals surface area contributed by atoms with E-state index < -0.39 is 0 Å². The van der Waals surface area contributed by atoms with Gasteiger partial charge in [0.1, 0.15) is 0 Å². The maximum atomic E-state index is 2.45. The standard InChI is InChI=1S/C50H33NS/c1-4-18-34(19-5-1)37-24-10-11-26-43(37)49-44-27-12-13-28-45(44)50(52-49)47-38(35-20-6-2-7-21-35)29-16-30-40(47)42-32-17-31-41-39-25-14-15-33-46(39)51(48(41)42)36-22-8-3-9-23-36/h1-33H. The number of fused-ring (bicyclic) bond motifs is 4. The molecule has 1 nitrogen and oxygen atoms in total. The Morgan fingerprint density at radius 3 is 1.52 bits per heavy atom. The predicted molar refractivity (Wildman–Crippen MR) is 223 cm³/mol. The average Bonchev–Trinajstić information content (AvgIpc) is 3.78. The molecule has 2 heteroatoms. The van der Waals surface area contributed by atoms with Gasteiger partial charge in [-0.05, 0) is 46.0 Å². The van der Waals surface area contributed by atoms with E-state index >= 15 is 0 Å². The molecule has 0 radical (unpaired) electrons. The Hall–Kier alpha value is -6.48. The van der Waals surface area contributed by atoms with Gasteiger partial charge in [0.15, 0.2) is 0 Å². The zero-order valence-corrected chi connectivity index (χ0v) is 29.2. The van der Waals surface area contributed by atoms with Gasteiger partial charge >= 0.3 is 0 Å². The van der Waals surface area contributed by atoms with Crippen molar-refractivity contribution in [1.82, 2.24) is 4.57 Å². The summed E-state index contributed by atoms with van der Waals surface area (Å²) >= 11 is 1.91. The highest BCUT2D eigenvalue weighted by Crippen LogP contribution is 2.52. The van der Waals surface area contributed by atoms with E-state index in [0.29, 0.717) is 0 Å². The number of hydrogen-bond donors (Lipinski definition) is 0. The van der Waals surface area contributed by atoms with Crippen LogP contribution in [0.15, 0.2) is 200 Å². The molecule has 0 fully saturated rings. The maximum absolute atomic E-state index is 2.45. The lowest BCUT2D eigenvalue weighted by molar-refractivity contribution is 1.18. The van der Waals surface area contributed by atoms with Crippen molar-refractivity contribution >= 4 is 43.9 Å². The topological polar surface area (TPSA) is 4.93 Å². The van der Waals surface area contributed by atoms with Gasteiger partial charge in [0.2, 0.25) is 0 Å². The normalized spacial score (nSPS) is 11.5. The minimum absolute atomic E-state index is 1.16. The second-order valence-electron chi connectivity index (χ2n) is 13.2. The first-order valence-corrected chi connectivity index (χ1v) is 18.6. The van der Waals surface area contributed by atoms with E-state index in [1.54, 1.807) is 0 Å². The third kappa shape index (κ3) is 4.92. The first-order chi connectivity index (χ1) is 25.8. The third-order valence-electron chi connectivity index (χ3n) is 10.3. The Balaban J connectivity index is 1.32. The van der Waals surface area contributed by atoms with E-state index in [-0.39, 0.29) is 0 Å². The second-order valence-corrected chi connectivity index (χ2v) is 14.2. The van der Waals surface area contributed by atoms with Crippen LogP contribution in [-0.2, 0) is 0 Å². The van der Waals surface area contributed by atoms with Gasteiger partial charge in [0.25, 0.3) is 0 Å². The highest BCUT2D eigenvalue weighted by atomic mass is 32.1. The number of aromatic nitrogens is 1. The molecule has 10 aromatic rings. The van der Waals surface area contributed by atoms with Gasteiger partial charge in [-0.2, -0.15) is 0 Å². The van der Waals surface area contributed by atoms with Crippen molar-refractivity contribution in [2.24, 2.45) is 0 Å². The fourth-order valence-corrected chi connectivity index (χ4v) is 9.38. The van der Waals surface area contributed by atoms with Gasteiger partial charge in [-0.3, -0.25) is 0 Å². The molecule has 0 aliphatic carbocycles. The maximum Gasteiger partial charge on any atom is 0.0619 e. The fourth-order valence-electron chi connectivity index (χ4n) is 7.99. The molecule has 0 N–H and O–H groups in total. The summed E-state index contributed by atoms with van der Waals surface area (Å²) in [6.07, 6.45) is 0. The molecule has 0 atom stereocenters. The molecule has 2 aromatic heterocycles. The summed E-state index contributed by atoms with van der Waals surface area (Å²) in [5, 5.41) is 5.05. The monoisotopic (exact) mass is 679 g/mol. The van der Waals surface area contributed by atoms with Crippen LogP contribution < -0.4 is 0 Å². The molecule has 244 valence electrons. The number of hydrogen-bond acceptors (Lipinski definition) is 1. The number of thiophene rings is 1. The van der Waals surface area contributed by atoms with Crippen LogP contribution in [0.2, 0.25) is 0 Å². The van der Waals surface area contributed by atoms with Crippen LogP contribution in [0.3, 0.4) is 0 Å². The van der Waals surface area contributed by atoms with E-state index in [4.69, 9.17) is 0 Å². The third-order valence-corrected chi connectivity index (χ3v) is 11.5. The molecule has 0 saturated carbocycles. The Labute approximate surface area is 307 Å². The molecular weight excluding hydrogens is 647 g/mol. The van der Waals surface area contributed by atoms with Gasteiger partial charge < -0.3 is 4.57 Å². The van der Waals surface area contributed by atoms with Crippen LogP contribution in [0.1, 0.15) is 0 Å². The molecule has 0 saturated heterocycles. The smallest absolute Gasteiger partial charge is 0.0619 e. The molecular formula is C50H33NS. The lowest BCUT2D eigenvalue weighted by Gasteiger charge is -2.18. The minimum Gasteiger partial charge on any atom is -0.309 e. The SMILES string of the molecule is c1ccc(-c2ccccc2-c2sc(-c3c(-c4ccccc4)cccc3-c3cccc4c5ccccc5n(-c5ccccc5)c34)c3ccccc23)cc1. The number of benzene rings is 8. The van der Waals surface area contributed by atoms with Crippen LogP contribution in [-0.4, -0.2) is 4.57 Å². The van der Waals surface area contributed by atoms with E-state index in [9.17, 15) is 0 Å². The van der Waals surface area contributed by atoms with Crippen molar-refractivity contribution < 1.29 is 0 Å². The average molecular weight is 680 g/mol. The summed E-state index contributed by atoms with van der Waals surface area (Å²) in [6.45, 7) is 0. The summed E-state index contributed by atoms with van der Waals surface area (Å²) in [5.41, 5.74) is 13.4. The molecule has 10 rings (SSSR count). The van der Waals surface area contributed by atoms with Gasteiger partial charge in [-0.25, -0.2) is 0 Å². The zero-order valence-electron chi connectivity index (χ0n) is 28.4. The van der Waals surface area contributed by atoms with E-state index in [2.05, 4.69) is 205 Å². The molecule has 0 spiro atoms. The highest BCUT2D eigenvalue weighted by molar-refractivity contribution is 7.21. The van der Waals surface area contributed by atoms with Crippen molar-refractivity contribution in [3.63, 3.8) is 0 Å². The molecule has 0 amide bonds. The van der Waals surface area contributed by atoms with Crippen LogP contribution in [0.5, 0.6) is 0 Å². The first kappa shape index (κ1) is 30.4. The Kier molecular flexibility index (Phi) is 7.41. The molecule has 0 unspecified atom stereocenters. The van der Waals surface area contributed by atoms with Gasteiger partial charge in [0, 0.05) is 53.7 Å². The molecule has 2 heterocycles. The predicted octanol–water partition coefficient (Wildman–Crippen LogP) is 14.3. The summed E-state index contributed by atoms with van der Waals surface area (Å²) in [7, 11) is 0. The Morgan fingerprint density at radius 2 is 0.788 bits per heavy atom. The molecule has 0 bridgehead atoms. The van der Waals surface area contributed by atoms with Crippen molar-refractivity contribution in [3.05, 3.63) is 200 Å². The number of nitrogens with zero attached hydrogens (tertiary/aromatic N) is 1. The highest BCUT2D eigenvalue weighted by Gasteiger charge is 2.24. The van der Waals surface area contributed by atoms with Crippen LogP contribution in [0.25, 0.3) is 92.5 Å². The quantitative estimate of drug-likeness (QED) is 0.165. The first-order valence-electron chi connectivity index (χ1n) is 17.8. The lowest BCUT2D eigenvalue weighted by atomic mass is 9.88.